The number of carbonyl (C=O) groups is 1. The molecule has 0 unspecified atom stereocenters. The zero-order chi connectivity index (χ0) is 11.4. The Labute approximate surface area is 93.6 Å². The highest BCUT2D eigenvalue weighted by Gasteiger charge is 2.11. The number of halogens is 2. The number of Topliss-reactive ketones (excluding diaryl/α,β-unsaturated/α-hetero) is 1. The summed E-state index contributed by atoms with van der Waals surface area (Å²) in [6.07, 6.45) is 2.42. The molecule has 0 aliphatic carbocycles. The summed E-state index contributed by atoms with van der Waals surface area (Å²) in [7, 11) is 0. The van der Waals surface area contributed by atoms with Gasteiger partial charge in [0.2, 0.25) is 0 Å². The Hall–Kier alpha value is -1.15. The molecule has 0 saturated carbocycles. The summed E-state index contributed by atoms with van der Waals surface area (Å²) in [5.41, 5.74) is 1.13. The molecule has 0 aromatic heterocycles. The lowest BCUT2D eigenvalue weighted by atomic mass is 10.0. The quantitative estimate of drug-likeness (QED) is 0.562. The predicted molar refractivity (Wildman–Crippen MR) is 59.8 cm³/mol. The number of benzene rings is 1. The third-order valence-corrected chi connectivity index (χ3v) is 2.49. The predicted octanol–water partition coefficient (Wildman–Crippen LogP) is 4.02. The molecule has 0 N–H and O–H groups in total. The lowest BCUT2D eigenvalue weighted by molar-refractivity contribution is 0.103. The Kier molecular flexibility index (Phi) is 4.04. The first-order chi connectivity index (χ1) is 7.10. The average Bonchev–Trinajstić information content (AvgIpc) is 2.23. The summed E-state index contributed by atoms with van der Waals surface area (Å²) in [5, 5.41) is -0.0209. The highest BCUT2D eigenvalue weighted by molar-refractivity contribution is 6.31. The van der Waals surface area contributed by atoms with Crippen molar-refractivity contribution in [2.75, 3.05) is 0 Å². The number of carbonyl (C=O) groups excluding carboxylic acids is 1. The van der Waals surface area contributed by atoms with E-state index < -0.39 is 5.82 Å². The van der Waals surface area contributed by atoms with E-state index in [2.05, 4.69) is 0 Å². The molecule has 1 aromatic rings. The van der Waals surface area contributed by atoms with Crippen molar-refractivity contribution < 1.29 is 9.18 Å². The lowest BCUT2D eigenvalue weighted by Gasteiger charge is -2.04. The summed E-state index contributed by atoms with van der Waals surface area (Å²) in [4.78, 5) is 11.8. The van der Waals surface area contributed by atoms with E-state index in [-0.39, 0.29) is 10.8 Å². The molecule has 80 valence electrons. The van der Waals surface area contributed by atoms with Crippen LogP contribution in [0.15, 0.2) is 29.8 Å². The van der Waals surface area contributed by atoms with Gasteiger partial charge in [-0.15, -0.1) is 0 Å². The van der Waals surface area contributed by atoms with E-state index in [1.165, 1.54) is 18.2 Å². The van der Waals surface area contributed by atoms with Gasteiger partial charge in [0, 0.05) is 5.56 Å². The highest BCUT2D eigenvalue weighted by atomic mass is 35.5. The molecule has 1 aromatic carbocycles. The van der Waals surface area contributed by atoms with Crippen LogP contribution in [0.25, 0.3) is 0 Å². The molecule has 0 fully saturated rings. The van der Waals surface area contributed by atoms with Crippen LogP contribution in [0.2, 0.25) is 5.02 Å². The molecule has 0 atom stereocenters. The SMILES string of the molecule is C/C=C(/CC)C(=O)c1ccc(F)c(Cl)c1. The van der Waals surface area contributed by atoms with E-state index in [9.17, 15) is 9.18 Å². The van der Waals surface area contributed by atoms with Gasteiger partial charge in [-0.05, 0) is 37.1 Å². The number of rotatable bonds is 3. The molecule has 0 radical (unpaired) electrons. The standard InChI is InChI=1S/C12H12ClFO/c1-3-8(4-2)12(15)9-5-6-11(14)10(13)7-9/h3,5-7H,4H2,1-2H3/b8-3-. The van der Waals surface area contributed by atoms with Crippen molar-refractivity contribution in [3.05, 3.63) is 46.3 Å². The minimum absolute atomic E-state index is 0.0209. The van der Waals surface area contributed by atoms with Crippen LogP contribution in [0.5, 0.6) is 0 Å². The third-order valence-electron chi connectivity index (χ3n) is 2.20. The van der Waals surface area contributed by atoms with Crippen LogP contribution in [0, 0.1) is 5.82 Å². The van der Waals surface area contributed by atoms with Crippen molar-refractivity contribution in [2.24, 2.45) is 0 Å². The summed E-state index contributed by atoms with van der Waals surface area (Å²) in [6.45, 7) is 3.71. The van der Waals surface area contributed by atoms with Crippen molar-refractivity contribution in [3.8, 4) is 0 Å². The van der Waals surface area contributed by atoms with Gasteiger partial charge in [0.25, 0.3) is 0 Å². The van der Waals surface area contributed by atoms with Crippen LogP contribution in [-0.2, 0) is 0 Å². The number of ketones is 1. The van der Waals surface area contributed by atoms with Crippen molar-refractivity contribution in [2.45, 2.75) is 20.3 Å². The molecule has 0 heterocycles. The fourth-order valence-electron chi connectivity index (χ4n) is 1.32. The largest absolute Gasteiger partial charge is 0.289 e. The van der Waals surface area contributed by atoms with Gasteiger partial charge in [0.15, 0.2) is 5.78 Å². The van der Waals surface area contributed by atoms with Crippen LogP contribution >= 0.6 is 11.6 Å². The molecule has 1 rings (SSSR count). The van der Waals surface area contributed by atoms with Gasteiger partial charge in [0.1, 0.15) is 5.82 Å². The maximum Gasteiger partial charge on any atom is 0.188 e. The monoisotopic (exact) mass is 226 g/mol. The molecule has 15 heavy (non-hydrogen) atoms. The summed E-state index contributed by atoms with van der Waals surface area (Å²) in [5.74, 6) is -0.603. The number of hydrogen-bond donors (Lipinski definition) is 0. The first-order valence-electron chi connectivity index (χ1n) is 4.75. The molecule has 3 heteroatoms. The Morgan fingerprint density at radius 3 is 2.67 bits per heavy atom. The first-order valence-corrected chi connectivity index (χ1v) is 5.12. The van der Waals surface area contributed by atoms with Crippen LogP contribution < -0.4 is 0 Å². The van der Waals surface area contributed by atoms with E-state index in [1.54, 1.807) is 6.08 Å². The minimum Gasteiger partial charge on any atom is -0.289 e. The molecule has 0 saturated heterocycles. The first kappa shape index (κ1) is 11.9. The van der Waals surface area contributed by atoms with E-state index in [4.69, 9.17) is 11.6 Å². The Morgan fingerprint density at radius 2 is 2.20 bits per heavy atom. The maximum atomic E-state index is 12.9. The van der Waals surface area contributed by atoms with E-state index >= 15 is 0 Å². The topological polar surface area (TPSA) is 17.1 Å². The minimum atomic E-state index is -0.508. The van der Waals surface area contributed by atoms with E-state index in [0.29, 0.717) is 17.6 Å². The second kappa shape index (κ2) is 5.08. The smallest absolute Gasteiger partial charge is 0.188 e. The summed E-state index contributed by atoms with van der Waals surface area (Å²) >= 11 is 5.60. The molecule has 0 amide bonds. The molecule has 0 bridgehead atoms. The van der Waals surface area contributed by atoms with Crippen LogP contribution in [0.4, 0.5) is 4.39 Å². The second-order valence-electron chi connectivity index (χ2n) is 3.13. The molecular weight excluding hydrogens is 215 g/mol. The van der Waals surface area contributed by atoms with Gasteiger partial charge >= 0.3 is 0 Å². The van der Waals surface area contributed by atoms with Crippen molar-refractivity contribution in [1.29, 1.82) is 0 Å². The van der Waals surface area contributed by atoms with Gasteiger partial charge in [-0.1, -0.05) is 24.6 Å². The highest BCUT2D eigenvalue weighted by Crippen LogP contribution is 2.19. The van der Waals surface area contributed by atoms with Crippen molar-refractivity contribution in [1.82, 2.24) is 0 Å². The maximum absolute atomic E-state index is 12.9. The molecule has 0 spiro atoms. The zero-order valence-electron chi connectivity index (χ0n) is 8.68. The van der Waals surface area contributed by atoms with E-state index in [1.807, 2.05) is 13.8 Å². The molecule has 0 aliphatic heterocycles. The second-order valence-corrected chi connectivity index (χ2v) is 3.53. The number of allylic oxidation sites excluding steroid dienone is 2. The summed E-state index contributed by atoms with van der Waals surface area (Å²) in [6, 6.07) is 4.01. The van der Waals surface area contributed by atoms with Gasteiger partial charge in [-0.3, -0.25) is 4.79 Å². The number of hydrogen-bond acceptors (Lipinski definition) is 1. The fraction of sp³-hybridized carbons (Fsp3) is 0.250. The van der Waals surface area contributed by atoms with Crippen LogP contribution in [0.1, 0.15) is 30.6 Å². The van der Waals surface area contributed by atoms with Gasteiger partial charge < -0.3 is 0 Å². The zero-order valence-corrected chi connectivity index (χ0v) is 9.44. The van der Waals surface area contributed by atoms with Crippen molar-refractivity contribution in [3.63, 3.8) is 0 Å². The normalized spacial score (nSPS) is 11.6. The molecular formula is C12H12ClFO. The van der Waals surface area contributed by atoms with Gasteiger partial charge in [0.05, 0.1) is 5.02 Å². The molecule has 0 aliphatic rings. The Bertz CT molecular complexity index is 410. The van der Waals surface area contributed by atoms with Gasteiger partial charge in [-0.25, -0.2) is 4.39 Å². The third kappa shape index (κ3) is 2.66. The van der Waals surface area contributed by atoms with Crippen LogP contribution in [0.3, 0.4) is 0 Å². The lowest BCUT2D eigenvalue weighted by Crippen LogP contribution is -2.02. The average molecular weight is 227 g/mol. The van der Waals surface area contributed by atoms with Gasteiger partial charge in [-0.2, -0.15) is 0 Å². The summed E-state index contributed by atoms with van der Waals surface area (Å²) < 4.78 is 12.9. The Morgan fingerprint density at radius 1 is 1.53 bits per heavy atom. The Balaban J connectivity index is 3.07. The van der Waals surface area contributed by atoms with Crippen LogP contribution in [-0.4, -0.2) is 5.78 Å². The molecule has 1 nitrogen and oxygen atoms in total. The van der Waals surface area contributed by atoms with Crippen molar-refractivity contribution >= 4 is 17.4 Å². The van der Waals surface area contributed by atoms with E-state index in [0.717, 1.165) is 0 Å². The fourth-order valence-corrected chi connectivity index (χ4v) is 1.50.